The van der Waals surface area contributed by atoms with Crippen molar-refractivity contribution in [1.29, 1.82) is 0 Å². The van der Waals surface area contributed by atoms with Crippen molar-refractivity contribution in [3.05, 3.63) is 17.5 Å². The Hall–Kier alpha value is -1.89. The molecule has 2 fully saturated rings. The smallest absolute Gasteiger partial charge is 0.276 e. The van der Waals surface area contributed by atoms with Gasteiger partial charge in [-0.25, -0.2) is 0 Å². The van der Waals surface area contributed by atoms with E-state index < -0.39 is 0 Å². The SMILES string of the molecule is Cc1cc(C(=O)N2CCN(C(=O)[C@@H]3CCCO3)CC2)no1. The van der Waals surface area contributed by atoms with Crippen LogP contribution in [0.3, 0.4) is 0 Å². The molecule has 0 saturated carbocycles. The van der Waals surface area contributed by atoms with E-state index in [0.29, 0.717) is 44.2 Å². The van der Waals surface area contributed by atoms with Gasteiger partial charge >= 0.3 is 0 Å². The number of piperazine rings is 1. The third-order valence-electron chi connectivity index (χ3n) is 3.93. The molecule has 2 aliphatic rings. The molecule has 0 spiro atoms. The van der Waals surface area contributed by atoms with E-state index in [1.54, 1.807) is 22.8 Å². The normalized spacial score (nSPS) is 22.6. The van der Waals surface area contributed by atoms with E-state index in [9.17, 15) is 9.59 Å². The minimum atomic E-state index is -0.287. The summed E-state index contributed by atoms with van der Waals surface area (Å²) in [4.78, 5) is 27.9. The highest BCUT2D eigenvalue weighted by Crippen LogP contribution is 2.16. The predicted molar refractivity (Wildman–Crippen MR) is 72.7 cm³/mol. The zero-order chi connectivity index (χ0) is 14.8. The Morgan fingerprint density at radius 3 is 2.52 bits per heavy atom. The number of nitrogens with zero attached hydrogens (tertiary/aromatic N) is 3. The molecule has 2 amide bonds. The maximum absolute atomic E-state index is 12.2. The highest BCUT2D eigenvalue weighted by molar-refractivity contribution is 5.92. The lowest BCUT2D eigenvalue weighted by molar-refractivity contribution is -0.142. The van der Waals surface area contributed by atoms with Gasteiger partial charge in [0, 0.05) is 38.9 Å². The van der Waals surface area contributed by atoms with Crippen LogP contribution in [0.1, 0.15) is 29.1 Å². The van der Waals surface area contributed by atoms with Crippen LogP contribution in [0.2, 0.25) is 0 Å². The quantitative estimate of drug-likeness (QED) is 0.791. The van der Waals surface area contributed by atoms with Gasteiger partial charge in [-0.05, 0) is 19.8 Å². The largest absolute Gasteiger partial charge is 0.368 e. The van der Waals surface area contributed by atoms with Gasteiger partial charge in [-0.2, -0.15) is 0 Å². The molecule has 0 radical (unpaired) electrons. The number of ether oxygens (including phenoxy) is 1. The molecule has 0 bridgehead atoms. The van der Waals surface area contributed by atoms with Gasteiger partial charge in [0.2, 0.25) is 0 Å². The van der Waals surface area contributed by atoms with Crippen molar-refractivity contribution >= 4 is 11.8 Å². The molecule has 7 heteroatoms. The van der Waals surface area contributed by atoms with Gasteiger partial charge in [0.25, 0.3) is 11.8 Å². The molecule has 1 aromatic rings. The van der Waals surface area contributed by atoms with Crippen LogP contribution in [0.4, 0.5) is 0 Å². The van der Waals surface area contributed by atoms with Crippen molar-refractivity contribution in [3.8, 4) is 0 Å². The fraction of sp³-hybridized carbons (Fsp3) is 0.643. The molecule has 3 rings (SSSR count). The summed E-state index contributed by atoms with van der Waals surface area (Å²) in [5.41, 5.74) is 0.325. The maximum Gasteiger partial charge on any atom is 0.276 e. The summed E-state index contributed by atoms with van der Waals surface area (Å²) in [6, 6.07) is 1.63. The Morgan fingerprint density at radius 2 is 1.95 bits per heavy atom. The lowest BCUT2D eigenvalue weighted by atomic mass is 10.2. The van der Waals surface area contributed by atoms with Crippen LogP contribution in [-0.4, -0.2) is 65.7 Å². The van der Waals surface area contributed by atoms with Crippen molar-refractivity contribution in [2.75, 3.05) is 32.8 Å². The molecule has 0 N–H and O–H groups in total. The van der Waals surface area contributed by atoms with Gasteiger partial charge in [-0.1, -0.05) is 5.16 Å². The predicted octanol–water partition coefficient (Wildman–Crippen LogP) is 0.446. The Morgan fingerprint density at radius 1 is 1.24 bits per heavy atom. The van der Waals surface area contributed by atoms with Crippen LogP contribution in [-0.2, 0) is 9.53 Å². The van der Waals surface area contributed by atoms with E-state index in [1.807, 2.05) is 0 Å². The van der Waals surface area contributed by atoms with E-state index in [-0.39, 0.29) is 17.9 Å². The first kappa shape index (κ1) is 14.1. The first-order valence-corrected chi connectivity index (χ1v) is 7.28. The second-order valence-electron chi connectivity index (χ2n) is 5.44. The van der Waals surface area contributed by atoms with Crippen molar-refractivity contribution in [2.24, 2.45) is 0 Å². The fourth-order valence-electron chi connectivity index (χ4n) is 2.74. The molecule has 0 unspecified atom stereocenters. The number of hydrogen-bond acceptors (Lipinski definition) is 5. The highest BCUT2D eigenvalue weighted by Gasteiger charge is 2.31. The number of aryl methyl sites for hydroxylation is 1. The van der Waals surface area contributed by atoms with E-state index in [0.717, 1.165) is 12.8 Å². The average molecular weight is 293 g/mol. The molecule has 2 aliphatic heterocycles. The molecular weight excluding hydrogens is 274 g/mol. The number of amides is 2. The molecule has 0 aromatic carbocycles. The molecule has 21 heavy (non-hydrogen) atoms. The van der Waals surface area contributed by atoms with E-state index >= 15 is 0 Å². The fourth-order valence-corrected chi connectivity index (χ4v) is 2.74. The average Bonchev–Trinajstić information content (AvgIpc) is 3.17. The van der Waals surface area contributed by atoms with Gasteiger partial charge in [-0.3, -0.25) is 9.59 Å². The number of hydrogen-bond donors (Lipinski definition) is 0. The van der Waals surface area contributed by atoms with Crippen molar-refractivity contribution < 1.29 is 18.8 Å². The number of aromatic nitrogens is 1. The molecule has 7 nitrogen and oxygen atoms in total. The topological polar surface area (TPSA) is 75.9 Å². The first-order valence-electron chi connectivity index (χ1n) is 7.28. The van der Waals surface area contributed by atoms with Crippen molar-refractivity contribution in [2.45, 2.75) is 25.9 Å². The monoisotopic (exact) mass is 293 g/mol. The van der Waals surface area contributed by atoms with Crippen LogP contribution in [0.5, 0.6) is 0 Å². The zero-order valence-electron chi connectivity index (χ0n) is 12.1. The third kappa shape index (κ3) is 2.92. The molecule has 1 atom stereocenters. The second-order valence-corrected chi connectivity index (χ2v) is 5.44. The molecule has 114 valence electrons. The van der Waals surface area contributed by atoms with Crippen LogP contribution < -0.4 is 0 Å². The first-order chi connectivity index (χ1) is 10.1. The summed E-state index contributed by atoms with van der Waals surface area (Å²) in [7, 11) is 0. The Balaban J connectivity index is 1.55. The van der Waals surface area contributed by atoms with E-state index in [2.05, 4.69) is 5.16 Å². The van der Waals surface area contributed by atoms with Gasteiger partial charge in [-0.15, -0.1) is 0 Å². The lowest BCUT2D eigenvalue weighted by Gasteiger charge is -2.35. The molecule has 0 aliphatic carbocycles. The van der Waals surface area contributed by atoms with Crippen molar-refractivity contribution in [3.63, 3.8) is 0 Å². The van der Waals surface area contributed by atoms with Gasteiger partial charge < -0.3 is 19.1 Å². The van der Waals surface area contributed by atoms with Gasteiger partial charge in [0.1, 0.15) is 11.9 Å². The molecular formula is C14H19N3O4. The summed E-state index contributed by atoms with van der Waals surface area (Å²) in [5, 5.41) is 3.74. The summed E-state index contributed by atoms with van der Waals surface area (Å²) in [6.07, 6.45) is 1.46. The van der Waals surface area contributed by atoms with Crippen molar-refractivity contribution in [1.82, 2.24) is 15.0 Å². The minimum Gasteiger partial charge on any atom is -0.368 e. The number of rotatable bonds is 2. The summed E-state index contributed by atoms with van der Waals surface area (Å²) < 4.78 is 10.3. The summed E-state index contributed by atoms with van der Waals surface area (Å²) in [6.45, 7) is 4.54. The van der Waals surface area contributed by atoms with Crippen LogP contribution >= 0.6 is 0 Å². The summed E-state index contributed by atoms with van der Waals surface area (Å²) >= 11 is 0. The standard InChI is InChI=1S/C14H19N3O4/c1-10-9-11(15-21-10)13(18)16-4-6-17(7-5-16)14(19)12-3-2-8-20-12/h9,12H,2-8H2,1H3/t12-/m0/s1. The van der Waals surface area contributed by atoms with Crippen LogP contribution in [0, 0.1) is 6.92 Å². The Labute approximate surface area is 122 Å². The van der Waals surface area contributed by atoms with E-state index in [4.69, 9.17) is 9.26 Å². The Kier molecular flexibility index (Phi) is 3.92. The van der Waals surface area contributed by atoms with Gasteiger partial charge in [0.15, 0.2) is 5.69 Å². The lowest BCUT2D eigenvalue weighted by Crippen LogP contribution is -2.52. The third-order valence-corrected chi connectivity index (χ3v) is 3.93. The van der Waals surface area contributed by atoms with E-state index in [1.165, 1.54) is 0 Å². The van der Waals surface area contributed by atoms with Crippen LogP contribution in [0.15, 0.2) is 10.6 Å². The molecule has 3 heterocycles. The summed E-state index contributed by atoms with van der Waals surface area (Å²) in [5.74, 6) is 0.526. The highest BCUT2D eigenvalue weighted by atomic mass is 16.5. The zero-order valence-corrected chi connectivity index (χ0v) is 12.1. The van der Waals surface area contributed by atoms with Crippen LogP contribution in [0.25, 0.3) is 0 Å². The maximum atomic E-state index is 12.2. The second kappa shape index (κ2) is 5.85. The number of carbonyl (C=O) groups is 2. The minimum absolute atomic E-state index is 0.0527. The van der Waals surface area contributed by atoms with Gasteiger partial charge in [0.05, 0.1) is 0 Å². The number of carbonyl (C=O) groups excluding carboxylic acids is 2. The Bertz CT molecular complexity index is 528. The molecule has 1 aromatic heterocycles. The molecule has 2 saturated heterocycles.